The van der Waals surface area contributed by atoms with Crippen molar-refractivity contribution >= 4 is 11.7 Å². The zero-order chi connectivity index (χ0) is 11.4. The van der Waals surface area contributed by atoms with Crippen LogP contribution in [-0.4, -0.2) is 22.4 Å². The van der Waals surface area contributed by atoms with Gasteiger partial charge in [-0.3, -0.25) is 10.1 Å². The molecule has 1 aromatic rings. The Morgan fingerprint density at radius 3 is 2.25 bits per heavy atom. The van der Waals surface area contributed by atoms with E-state index in [0.29, 0.717) is 5.56 Å². The molecule has 0 aromatic heterocycles. The molecule has 0 saturated carbocycles. The second-order valence-electron chi connectivity index (χ2n) is 3.14. The van der Waals surface area contributed by atoms with Gasteiger partial charge in [0.05, 0.1) is 10.9 Å². The highest BCUT2D eigenvalue weighted by Crippen LogP contribution is 2.12. The first-order valence-electron chi connectivity index (χ1n) is 4.28. The van der Waals surface area contributed by atoms with Gasteiger partial charge in [0.15, 0.2) is 0 Å². The number of quaternary nitrogens is 1. The highest BCUT2D eigenvalue weighted by atomic mass is 16.6. The molecular formula is C9H12N2O5. The van der Waals surface area contributed by atoms with Crippen molar-refractivity contribution in [3.63, 3.8) is 0 Å². The van der Waals surface area contributed by atoms with Crippen molar-refractivity contribution in [3.05, 3.63) is 39.9 Å². The summed E-state index contributed by atoms with van der Waals surface area (Å²) in [6, 6.07) is 4.85. The molecule has 1 atom stereocenters. The highest BCUT2D eigenvalue weighted by molar-refractivity contribution is 5.69. The molecule has 0 aliphatic carbocycles. The fraction of sp³-hybridized carbons (Fsp3) is 0.222. The normalized spacial score (nSPS) is 11.3. The standard InChI is InChI=1S/C9H10N2O4.H2O/c10-8(9(12)13)5-6-1-3-7(4-2-6)11(14)15;/h1-4,8H,5,10H2,(H,12,13);1H2/t8-;/m0./s1. The van der Waals surface area contributed by atoms with Gasteiger partial charge in [-0.1, -0.05) is 12.1 Å². The molecule has 5 N–H and O–H groups in total. The molecule has 88 valence electrons. The Kier molecular flexibility index (Phi) is 5.07. The lowest BCUT2D eigenvalue weighted by Crippen LogP contribution is -2.69. The minimum atomic E-state index is -1.23. The topological polar surface area (TPSA) is 142 Å². The molecule has 7 nitrogen and oxygen atoms in total. The summed E-state index contributed by atoms with van der Waals surface area (Å²) in [5.74, 6) is -1.23. The van der Waals surface area contributed by atoms with Crippen molar-refractivity contribution in [1.82, 2.24) is 0 Å². The van der Waals surface area contributed by atoms with Crippen molar-refractivity contribution in [3.8, 4) is 0 Å². The Hall–Kier alpha value is -1.99. The summed E-state index contributed by atoms with van der Waals surface area (Å²) in [5.41, 5.74) is 4.06. The van der Waals surface area contributed by atoms with E-state index in [4.69, 9.17) is 0 Å². The van der Waals surface area contributed by atoms with Gasteiger partial charge in [0.25, 0.3) is 5.69 Å². The molecule has 0 bridgehead atoms. The second kappa shape index (κ2) is 5.79. The summed E-state index contributed by atoms with van der Waals surface area (Å²) in [4.78, 5) is 20.2. The van der Waals surface area contributed by atoms with Gasteiger partial charge in [-0.05, 0) is 5.56 Å². The number of carboxylic acid groups (broad SMARTS) is 1. The number of hydrogen-bond donors (Lipinski definition) is 1. The Bertz CT molecular complexity index is 376. The molecule has 0 heterocycles. The van der Waals surface area contributed by atoms with Crippen LogP contribution in [0.3, 0.4) is 0 Å². The smallest absolute Gasteiger partial charge is 0.269 e. The van der Waals surface area contributed by atoms with Gasteiger partial charge in [0, 0.05) is 18.6 Å². The monoisotopic (exact) mass is 228 g/mol. The average Bonchev–Trinajstić information content (AvgIpc) is 2.18. The molecule has 7 heteroatoms. The summed E-state index contributed by atoms with van der Waals surface area (Å²) in [7, 11) is 0. The number of carboxylic acids is 1. The molecule has 0 unspecified atom stereocenters. The number of carbonyl (C=O) groups excluding carboxylic acids is 1. The highest BCUT2D eigenvalue weighted by Gasteiger charge is 2.10. The first-order valence-corrected chi connectivity index (χ1v) is 4.28. The molecule has 0 amide bonds. The van der Waals surface area contributed by atoms with Crippen LogP contribution in [0, 0.1) is 10.1 Å². The van der Waals surface area contributed by atoms with Gasteiger partial charge in [-0.25, -0.2) is 0 Å². The van der Waals surface area contributed by atoms with E-state index in [2.05, 4.69) is 5.73 Å². The minimum Gasteiger partial charge on any atom is -0.544 e. The lowest BCUT2D eigenvalue weighted by atomic mass is 10.1. The zero-order valence-corrected chi connectivity index (χ0v) is 8.38. The predicted octanol–water partition coefficient (Wildman–Crippen LogP) is -2.33. The maximum atomic E-state index is 10.4. The third-order valence-electron chi connectivity index (χ3n) is 1.96. The fourth-order valence-electron chi connectivity index (χ4n) is 1.12. The first kappa shape index (κ1) is 14.0. The summed E-state index contributed by atoms with van der Waals surface area (Å²) in [5, 5.41) is 20.7. The number of non-ortho nitro benzene ring substituents is 1. The molecule has 16 heavy (non-hydrogen) atoms. The van der Waals surface area contributed by atoms with E-state index in [1.54, 1.807) is 0 Å². The summed E-state index contributed by atoms with van der Waals surface area (Å²) in [6.07, 6.45) is 0.209. The van der Waals surface area contributed by atoms with Crippen LogP contribution in [0.25, 0.3) is 0 Å². The molecule has 1 aromatic carbocycles. The quantitative estimate of drug-likeness (QED) is 0.455. The van der Waals surface area contributed by atoms with Crippen molar-refractivity contribution < 1.29 is 26.0 Å². The molecular weight excluding hydrogens is 216 g/mol. The predicted molar refractivity (Wildman–Crippen MR) is 52.1 cm³/mol. The van der Waals surface area contributed by atoms with E-state index in [-0.39, 0.29) is 17.6 Å². The second-order valence-corrected chi connectivity index (χ2v) is 3.14. The number of carbonyl (C=O) groups is 1. The number of benzene rings is 1. The summed E-state index contributed by atoms with van der Waals surface area (Å²) < 4.78 is 0. The first-order chi connectivity index (χ1) is 7.00. The Morgan fingerprint density at radius 2 is 1.88 bits per heavy atom. The largest absolute Gasteiger partial charge is 0.544 e. The zero-order valence-electron chi connectivity index (χ0n) is 8.38. The Balaban J connectivity index is 0.00000225. The van der Waals surface area contributed by atoms with Gasteiger partial charge >= 0.3 is 0 Å². The summed E-state index contributed by atoms with van der Waals surface area (Å²) >= 11 is 0. The van der Waals surface area contributed by atoms with Crippen LogP contribution in [0.5, 0.6) is 0 Å². The van der Waals surface area contributed by atoms with Gasteiger partial charge < -0.3 is 21.1 Å². The number of nitro groups is 1. The van der Waals surface area contributed by atoms with Gasteiger partial charge in [0.1, 0.15) is 6.04 Å². The number of hydrogen-bond acceptors (Lipinski definition) is 4. The Morgan fingerprint density at radius 1 is 1.38 bits per heavy atom. The van der Waals surface area contributed by atoms with Crippen LogP contribution in [0.2, 0.25) is 0 Å². The molecule has 0 fully saturated rings. The van der Waals surface area contributed by atoms with Crippen LogP contribution in [-0.2, 0) is 11.2 Å². The fourth-order valence-corrected chi connectivity index (χ4v) is 1.12. The number of nitro benzene ring substituents is 1. The molecule has 1 rings (SSSR count). The van der Waals surface area contributed by atoms with Crippen molar-refractivity contribution in [2.24, 2.45) is 0 Å². The van der Waals surface area contributed by atoms with E-state index in [9.17, 15) is 20.0 Å². The number of aliphatic carboxylic acids is 1. The number of rotatable bonds is 4. The summed E-state index contributed by atoms with van der Waals surface area (Å²) in [6.45, 7) is 0. The van der Waals surface area contributed by atoms with Crippen molar-refractivity contribution in [2.75, 3.05) is 0 Å². The van der Waals surface area contributed by atoms with Gasteiger partial charge in [0.2, 0.25) is 0 Å². The third-order valence-corrected chi connectivity index (χ3v) is 1.96. The van der Waals surface area contributed by atoms with Crippen molar-refractivity contribution in [2.45, 2.75) is 12.5 Å². The molecule has 0 spiro atoms. The Labute approximate surface area is 91.0 Å². The van der Waals surface area contributed by atoms with Crippen LogP contribution in [0.4, 0.5) is 5.69 Å². The van der Waals surface area contributed by atoms with Crippen LogP contribution >= 0.6 is 0 Å². The van der Waals surface area contributed by atoms with Crippen LogP contribution in [0.15, 0.2) is 24.3 Å². The minimum absolute atomic E-state index is 0. The molecule has 0 aliphatic heterocycles. The molecule has 0 saturated heterocycles. The van der Waals surface area contributed by atoms with E-state index in [1.807, 2.05) is 0 Å². The molecule has 0 aliphatic rings. The maximum absolute atomic E-state index is 10.4. The maximum Gasteiger partial charge on any atom is 0.269 e. The lowest BCUT2D eigenvalue weighted by molar-refractivity contribution is -0.437. The van der Waals surface area contributed by atoms with Gasteiger partial charge in [-0.15, -0.1) is 0 Å². The van der Waals surface area contributed by atoms with Crippen LogP contribution in [0.1, 0.15) is 5.56 Å². The van der Waals surface area contributed by atoms with E-state index < -0.39 is 16.9 Å². The lowest BCUT2D eigenvalue weighted by Gasteiger charge is -2.08. The van der Waals surface area contributed by atoms with Gasteiger partial charge in [-0.2, -0.15) is 0 Å². The van der Waals surface area contributed by atoms with E-state index >= 15 is 0 Å². The van der Waals surface area contributed by atoms with E-state index in [0.717, 1.165) is 0 Å². The number of nitrogens with zero attached hydrogens (tertiary/aromatic N) is 1. The SMILES string of the molecule is O.[NH3+][C@@H](Cc1ccc([N+](=O)[O-])cc1)C(=O)[O-]. The average molecular weight is 228 g/mol. The van der Waals surface area contributed by atoms with Crippen molar-refractivity contribution in [1.29, 1.82) is 0 Å². The van der Waals surface area contributed by atoms with Crippen LogP contribution < -0.4 is 10.8 Å². The third kappa shape index (κ3) is 3.64. The molecule has 0 radical (unpaired) electrons. The van der Waals surface area contributed by atoms with E-state index in [1.165, 1.54) is 24.3 Å².